The first kappa shape index (κ1) is 31.1. The summed E-state index contributed by atoms with van der Waals surface area (Å²) >= 11 is 7.48. The maximum Gasteiger partial charge on any atom is 0.410 e. The van der Waals surface area contributed by atoms with E-state index in [1.54, 1.807) is 29.2 Å². The van der Waals surface area contributed by atoms with Crippen LogP contribution in [0.4, 0.5) is 32.3 Å². The van der Waals surface area contributed by atoms with Crippen molar-refractivity contribution < 1.29 is 19.0 Å². The molecule has 1 saturated heterocycles. The number of ether oxygens (including phenoxy) is 1. The molecule has 230 valence electrons. The number of carbonyl (C=O) groups excluding carboxylic acids is 1. The van der Waals surface area contributed by atoms with E-state index in [0.29, 0.717) is 46.9 Å². The third-order valence-electron chi connectivity index (χ3n) is 6.60. The van der Waals surface area contributed by atoms with E-state index in [-0.39, 0.29) is 17.9 Å². The highest BCUT2D eigenvalue weighted by Gasteiger charge is 2.28. The normalized spacial score (nSPS) is 14.9. The number of aromatic nitrogens is 3. The maximum atomic E-state index is 13.6. The minimum atomic E-state index is -0.558. The maximum absolute atomic E-state index is 13.6. The van der Waals surface area contributed by atoms with Crippen LogP contribution in [0.1, 0.15) is 33.6 Å². The Bertz CT molecular complexity index is 1610. The zero-order valence-corrected chi connectivity index (χ0v) is 26.1. The zero-order valence-electron chi connectivity index (χ0n) is 24.5. The molecule has 44 heavy (non-hydrogen) atoms. The SMILES string of the molecule is CC(C)(C)OC(=O)N1CCCC(Nc2ncnc(-c3ccccc3Nc3ccc(NSc4ccccc4Cl)c(OF)c3)n2)C1. The first-order valence-electron chi connectivity index (χ1n) is 14.1. The molecule has 13 heteroatoms. The number of piperidine rings is 1. The highest BCUT2D eigenvalue weighted by Crippen LogP contribution is 2.36. The van der Waals surface area contributed by atoms with Crippen molar-refractivity contribution in [2.45, 2.75) is 50.2 Å². The second-order valence-corrected chi connectivity index (χ2v) is 12.4. The van der Waals surface area contributed by atoms with Gasteiger partial charge in [0.2, 0.25) is 5.95 Å². The Morgan fingerprint density at radius 1 is 1.07 bits per heavy atom. The number of nitrogens with one attached hydrogen (secondary N) is 3. The largest absolute Gasteiger partial charge is 0.444 e. The molecule has 0 radical (unpaired) electrons. The Hall–Kier alpha value is -4.29. The first-order chi connectivity index (χ1) is 21.2. The number of likely N-dealkylation sites (tertiary alicyclic amines) is 1. The topological polar surface area (TPSA) is 114 Å². The fourth-order valence-electron chi connectivity index (χ4n) is 4.59. The number of halogens is 2. The summed E-state index contributed by atoms with van der Waals surface area (Å²) < 4.78 is 22.2. The van der Waals surface area contributed by atoms with Gasteiger partial charge in [-0.15, -0.1) is 0 Å². The van der Waals surface area contributed by atoms with Gasteiger partial charge in [-0.25, -0.2) is 14.8 Å². The lowest BCUT2D eigenvalue weighted by Crippen LogP contribution is -2.47. The molecule has 3 aromatic carbocycles. The van der Waals surface area contributed by atoms with Crippen LogP contribution in [0.25, 0.3) is 11.4 Å². The third-order valence-corrected chi connectivity index (χ3v) is 7.94. The quantitative estimate of drug-likeness (QED) is 0.155. The molecule has 1 atom stereocenters. The second-order valence-electron chi connectivity index (χ2n) is 11.1. The van der Waals surface area contributed by atoms with E-state index >= 15 is 0 Å². The molecular formula is C31H33ClFN7O3S. The lowest BCUT2D eigenvalue weighted by molar-refractivity contribution is -0.00513. The number of rotatable bonds is 9. The van der Waals surface area contributed by atoms with Gasteiger partial charge in [-0.1, -0.05) is 35.9 Å². The van der Waals surface area contributed by atoms with Gasteiger partial charge in [0.1, 0.15) is 11.9 Å². The van der Waals surface area contributed by atoms with Crippen molar-refractivity contribution in [2.75, 3.05) is 28.4 Å². The number of hydrogen-bond acceptors (Lipinski definition) is 10. The Kier molecular flexibility index (Phi) is 9.91. The van der Waals surface area contributed by atoms with Crippen molar-refractivity contribution >= 4 is 52.7 Å². The van der Waals surface area contributed by atoms with Gasteiger partial charge in [0.15, 0.2) is 11.6 Å². The summed E-state index contributed by atoms with van der Waals surface area (Å²) in [7, 11) is 0. The molecule has 10 nitrogen and oxygen atoms in total. The Labute approximate surface area is 264 Å². The average Bonchev–Trinajstić information content (AvgIpc) is 3.01. The summed E-state index contributed by atoms with van der Waals surface area (Å²) in [5.41, 5.74) is 1.90. The number of para-hydroxylation sites is 1. The standard InChI is InChI=1S/C31H33ClFN7O3S/c1-31(2,3)42-30(41)40-16-8-9-21(18-40)37-29-35-19-34-28(38-29)22-10-4-6-12-24(22)36-20-14-15-25(26(17-20)43-33)39-44-27-13-7-5-11-23(27)32/h4-7,10-15,17,19,21,36,39H,8-9,16,18H2,1-3H3,(H,34,35,37,38). The van der Waals surface area contributed by atoms with Crippen LogP contribution < -0.4 is 20.3 Å². The second kappa shape index (κ2) is 14.0. The summed E-state index contributed by atoms with van der Waals surface area (Å²) in [5.74, 6) is 0.855. The van der Waals surface area contributed by atoms with Gasteiger partial charge in [0.25, 0.3) is 0 Å². The number of anilines is 4. The zero-order chi connectivity index (χ0) is 31.1. The highest BCUT2D eigenvalue weighted by molar-refractivity contribution is 8.00. The molecule has 0 spiro atoms. The predicted molar refractivity (Wildman–Crippen MR) is 172 cm³/mol. The minimum Gasteiger partial charge on any atom is -0.444 e. The van der Waals surface area contributed by atoms with Gasteiger partial charge in [-0.05, 0) is 82.0 Å². The molecule has 5 rings (SSSR count). The molecule has 2 heterocycles. The molecule has 1 unspecified atom stereocenters. The summed E-state index contributed by atoms with van der Waals surface area (Å²) in [4.78, 5) is 32.6. The Morgan fingerprint density at radius 3 is 2.66 bits per heavy atom. The van der Waals surface area contributed by atoms with Gasteiger partial charge in [0, 0.05) is 51.6 Å². The highest BCUT2D eigenvalue weighted by atomic mass is 35.5. The molecule has 4 aromatic rings. The summed E-state index contributed by atoms with van der Waals surface area (Å²) in [6.45, 7) is 6.68. The van der Waals surface area contributed by atoms with E-state index in [1.807, 2.05) is 63.2 Å². The minimum absolute atomic E-state index is 0.00610. The van der Waals surface area contributed by atoms with Crippen LogP contribution in [-0.4, -0.2) is 50.7 Å². The number of hydrogen-bond donors (Lipinski definition) is 3. The van der Waals surface area contributed by atoms with E-state index in [0.717, 1.165) is 23.3 Å². The molecule has 0 saturated carbocycles. The van der Waals surface area contributed by atoms with Crippen LogP contribution in [0.2, 0.25) is 5.02 Å². The molecule has 1 amide bonds. The molecular weight excluding hydrogens is 605 g/mol. The van der Waals surface area contributed by atoms with Gasteiger partial charge < -0.3 is 25.0 Å². The molecule has 1 aliphatic heterocycles. The van der Waals surface area contributed by atoms with Gasteiger partial charge in [0.05, 0.1) is 10.7 Å². The number of amides is 1. The molecule has 0 aliphatic carbocycles. The third kappa shape index (κ3) is 8.20. The molecule has 3 N–H and O–H groups in total. The van der Waals surface area contributed by atoms with Crippen LogP contribution in [0.15, 0.2) is 78.0 Å². The summed E-state index contributed by atoms with van der Waals surface area (Å²) in [6, 6.07) is 19.9. The molecule has 1 aliphatic rings. The molecule has 1 aromatic heterocycles. The van der Waals surface area contributed by atoms with E-state index in [9.17, 15) is 9.32 Å². The summed E-state index contributed by atoms with van der Waals surface area (Å²) in [5, 5.41) is 7.25. The van der Waals surface area contributed by atoms with Crippen LogP contribution in [0.3, 0.4) is 0 Å². The Balaban J connectivity index is 1.28. The fourth-order valence-corrected chi connectivity index (χ4v) is 5.55. The monoisotopic (exact) mass is 637 g/mol. The Morgan fingerprint density at radius 2 is 1.86 bits per heavy atom. The number of nitrogens with zero attached hydrogens (tertiary/aromatic N) is 4. The van der Waals surface area contributed by atoms with Crippen LogP contribution >= 0.6 is 23.5 Å². The van der Waals surface area contributed by atoms with Gasteiger partial charge in [-0.2, -0.15) is 4.98 Å². The smallest absolute Gasteiger partial charge is 0.410 e. The van der Waals surface area contributed by atoms with Crippen LogP contribution in [0.5, 0.6) is 5.75 Å². The fraction of sp³-hybridized carbons (Fsp3) is 0.290. The van der Waals surface area contributed by atoms with Crippen molar-refractivity contribution in [1.82, 2.24) is 19.9 Å². The van der Waals surface area contributed by atoms with Crippen molar-refractivity contribution in [1.29, 1.82) is 0 Å². The first-order valence-corrected chi connectivity index (χ1v) is 15.3. The lowest BCUT2D eigenvalue weighted by Gasteiger charge is -2.34. The van der Waals surface area contributed by atoms with Gasteiger partial charge >= 0.3 is 6.09 Å². The van der Waals surface area contributed by atoms with Crippen molar-refractivity contribution in [3.05, 3.63) is 78.1 Å². The van der Waals surface area contributed by atoms with Crippen molar-refractivity contribution in [2.24, 2.45) is 0 Å². The lowest BCUT2D eigenvalue weighted by atomic mass is 10.1. The van der Waals surface area contributed by atoms with Gasteiger partial charge in [-0.3, -0.25) is 4.94 Å². The van der Waals surface area contributed by atoms with E-state index < -0.39 is 5.60 Å². The van der Waals surface area contributed by atoms with E-state index in [4.69, 9.17) is 16.3 Å². The van der Waals surface area contributed by atoms with Crippen LogP contribution in [0, 0.1) is 0 Å². The summed E-state index contributed by atoms with van der Waals surface area (Å²) in [6.07, 6.45) is 2.81. The van der Waals surface area contributed by atoms with Crippen LogP contribution in [-0.2, 0) is 4.74 Å². The average molecular weight is 638 g/mol. The van der Waals surface area contributed by atoms with Crippen molar-refractivity contribution in [3.8, 4) is 17.1 Å². The number of benzene rings is 3. The van der Waals surface area contributed by atoms with E-state index in [1.165, 1.54) is 18.3 Å². The van der Waals surface area contributed by atoms with Crippen molar-refractivity contribution in [3.63, 3.8) is 0 Å². The number of carbonyl (C=O) groups is 1. The van der Waals surface area contributed by atoms with E-state index in [2.05, 4.69) is 35.2 Å². The molecule has 0 bridgehead atoms. The predicted octanol–water partition coefficient (Wildman–Crippen LogP) is 8.13. The molecule has 1 fully saturated rings.